The van der Waals surface area contributed by atoms with Crippen molar-refractivity contribution < 1.29 is 14.6 Å². The molecule has 3 heterocycles. The zero-order valence-electron chi connectivity index (χ0n) is 18.2. The number of hydrogen-bond donors (Lipinski definition) is 2. The number of hydrogen-bond acceptors (Lipinski definition) is 7. The van der Waals surface area contributed by atoms with Gasteiger partial charge in [-0.25, -0.2) is 9.97 Å². The summed E-state index contributed by atoms with van der Waals surface area (Å²) in [6.07, 6.45) is 4.71. The van der Waals surface area contributed by atoms with Crippen molar-refractivity contribution in [3.05, 3.63) is 59.9 Å². The molecule has 4 rings (SSSR count). The number of carbonyl (C=O) groups is 1. The van der Waals surface area contributed by atoms with Gasteiger partial charge in [0.05, 0.1) is 24.5 Å². The maximum Gasteiger partial charge on any atom is 0.304 e. The Morgan fingerprint density at radius 1 is 1.28 bits per heavy atom. The van der Waals surface area contributed by atoms with Gasteiger partial charge in [-0.3, -0.25) is 4.79 Å². The van der Waals surface area contributed by atoms with E-state index in [-0.39, 0.29) is 6.42 Å². The van der Waals surface area contributed by atoms with E-state index in [1.807, 2.05) is 18.5 Å². The Kier molecular flexibility index (Phi) is 7.47. The van der Waals surface area contributed by atoms with E-state index in [2.05, 4.69) is 57.4 Å². The van der Waals surface area contributed by atoms with Crippen LogP contribution in [0.15, 0.2) is 48.8 Å². The third kappa shape index (κ3) is 6.35. The van der Waals surface area contributed by atoms with Gasteiger partial charge in [-0.15, -0.1) is 0 Å². The van der Waals surface area contributed by atoms with Crippen molar-refractivity contribution in [2.24, 2.45) is 5.92 Å². The molecule has 168 valence electrons. The number of benzene rings is 1. The van der Waals surface area contributed by atoms with E-state index in [4.69, 9.17) is 9.84 Å². The number of pyridine rings is 1. The van der Waals surface area contributed by atoms with Crippen LogP contribution in [0.5, 0.6) is 0 Å². The van der Waals surface area contributed by atoms with Crippen LogP contribution in [0, 0.1) is 12.8 Å². The molecule has 0 aliphatic carbocycles. The summed E-state index contributed by atoms with van der Waals surface area (Å²) in [5.74, 6) is 0.323. The largest absolute Gasteiger partial charge is 0.481 e. The van der Waals surface area contributed by atoms with Crippen molar-refractivity contribution in [1.29, 1.82) is 0 Å². The van der Waals surface area contributed by atoms with E-state index in [0.717, 1.165) is 40.9 Å². The highest BCUT2D eigenvalue weighted by atomic mass is 32.1. The predicted octanol–water partition coefficient (Wildman–Crippen LogP) is 4.22. The number of thiazole rings is 1. The van der Waals surface area contributed by atoms with Crippen molar-refractivity contribution in [2.75, 3.05) is 38.2 Å². The second-order valence-corrected chi connectivity index (χ2v) is 9.19. The number of anilines is 2. The zero-order valence-corrected chi connectivity index (χ0v) is 19.0. The number of ether oxygens (including phenoxy) is 1. The second kappa shape index (κ2) is 10.7. The van der Waals surface area contributed by atoms with Crippen molar-refractivity contribution in [2.45, 2.75) is 19.8 Å². The van der Waals surface area contributed by atoms with Gasteiger partial charge in [0, 0.05) is 32.0 Å². The van der Waals surface area contributed by atoms with Crippen molar-refractivity contribution in [3.63, 3.8) is 0 Å². The van der Waals surface area contributed by atoms with Crippen molar-refractivity contribution >= 4 is 28.3 Å². The van der Waals surface area contributed by atoms with Gasteiger partial charge in [-0.1, -0.05) is 41.2 Å². The van der Waals surface area contributed by atoms with Gasteiger partial charge < -0.3 is 20.1 Å². The van der Waals surface area contributed by atoms with Crippen LogP contribution in [0.4, 0.5) is 10.9 Å². The standard InChI is InChI=1S/C24H28N4O3S/c1-17-2-4-20(5-3-17)21-14-26-24(32-21)27-22-13-18(6-8-25-22)12-19-15-28(9-7-23(29)30)10-11-31-16-19/h2-6,8,13-14,19H,7,9-12,15-16H2,1H3,(H,29,30)(H,25,26,27). The molecular weight excluding hydrogens is 424 g/mol. The van der Waals surface area contributed by atoms with E-state index in [9.17, 15) is 4.79 Å². The minimum absolute atomic E-state index is 0.161. The predicted molar refractivity (Wildman–Crippen MR) is 127 cm³/mol. The quantitative estimate of drug-likeness (QED) is 0.529. The molecule has 1 atom stereocenters. The first-order valence-corrected chi connectivity index (χ1v) is 11.6. The van der Waals surface area contributed by atoms with Crippen LogP contribution in [-0.4, -0.2) is 58.8 Å². The van der Waals surface area contributed by atoms with Gasteiger partial charge >= 0.3 is 5.97 Å². The van der Waals surface area contributed by atoms with Gasteiger partial charge in [0.2, 0.25) is 0 Å². The van der Waals surface area contributed by atoms with Crippen LogP contribution in [0.1, 0.15) is 17.5 Å². The highest BCUT2D eigenvalue weighted by Gasteiger charge is 2.20. The number of aliphatic carboxylic acids is 1. The molecule has 1 saturated heterocycles. The number of carboxylic acid groups (broad SMARTS) is 1. The summed E-state index contributed by atoms with van der Waals surface area (Å²) in [4.78, 5) is 23.2. The van der Waals surface area contributed by atoms with E-state index >= 15 is 0 Å². The Morgan fingerprint density at radius 3 is 2.94 bits per heavy atom. The molecule has 0 radical (unpaired) electrons. The molecule has 1 aliphatic heterocycles. The van der Waals surface area contributed by atoms with E-state index in [0.29, 0.717) is 25.7 Å². The summed E-state index contributed by atoms with van der Waals surface area (Å²) < 4.78 is 5.77. The van der Waals surface area contributed by atoms with E-state index in [1.165, 1.54) is 11.1 Å². The third-order valence-corrected chi connectivity index (χ3v) is 6.45. The second-order valence-electron chi connectivity index (χ2n) is 8.16. The maximum absolute atomic E-state index is 10.9. The fraction of sp³-hybridized carbons (Fsp3) is 0.375. The van der Waals surface area contributed by atoms with Gasteiger partial charge in [0.1, 0.15) is 5.82 Å². The van der Waals surface area contributed by atoms with Crippen LogP contribution >= 0.6 is 11.3 Å². The Hall–Kier alpha value is -2.81. The highest BCUT2D eigenvalue weighted by molar-refractivity contribution is 7.18. The Morgan fingerprint density at radius 2 is 2.12 bits per heavy atom. The fourth-order valence-electron chi connectivity index (χ4n) is 3.83. The van der Waals surface area contributed by atoms with Crippen LogP contribution in [0.25, 0.3) is 10.4 Å². The lowest BCUT2D eigenvalue weighted by atomic mass is 10.00. The van der Waals surface area contributed by atoms with E-state index in [1.54, 1.807) is 11.3 Å². The molecular formula is C24H28N4O3S. The molecule has 1 aromatic carbocycles. The molecule has 0 saturated carbocycles. The first kappa shape index (κ1) is 22.4. The number of nitrogens with zero attached hydrogens (tertiary/aromatic N) is 3. The van der Waals surface area contributed by atoms with Crippen LogP contribution in [0.2, 0.25) is 0 Å². The average Bonchev–Trinajstić information content (AvgIpc) is 3.11. The highest BCUT2D eigenvalue weighted by Crippen LogP contribution is 2.30. The average molecular weight is 453 g/mol. The smallest absolute Gasteiger partial charge is 0.304 e. The normalized spacial score (nSPS) is 17.1. The number of carboxylic acids is 1. The third-order valence-electron chi connectivity index (χ3n) is 5.49. The molecule has 8 heteroatoms. The molecule has 32 heavy (non-hydrogen) atoms. The molecule has 1 fully saturated rings. The number of aryl methyl sites for hydroxylation is 1. The van der Waals surface area contributed by atoms with Crippen molar-refractivity contribution in [3.8, 4) is 10.4 Å². The molecule has 1 unspecified atom stereocenters. The Balaban J connectivity index is 1.38. The summed E-state index contributed by atoms with van der Waals surface area (Å²) in [6.45, 7) is 5.58. The lowest BCUT2D eigenvalue weighted by Crippen LogP contribution is -2.32. The molecule has 0 amide bonds. The SMILES string of the molecule is Cc1ccc(-c2cnc(Nc3cc(CC4COCCN(CCC(=O)O)C4)ccn3)s2)cc1. The van der Waals surface area contributed by atoms with Crippen LogP contribution < -0.4 is 5.32 Å². The summed E-state index contributed by atoms with van der Waals surface area (Å²) in [6, 6.07) is 12.5. The molecule has 2 N–H and O–H groups in total. The zero-order chi connectivity index (χ0) is 22.3. The number of aromatic nitrogens is 2. The van der Waals surface area contributed by atoms with E-state index < -0.39 is 5.97 Å². The monoisotopic (exact) mass is 452 g/mol. The summed E-state index contributed by atoms with van der Waals surface area (Å²) in [5, 5.41) is 13.1. The maximum atomic E-state index is 10.9. The molecule has 1 aliphatic rings. The molecule has 0 spiro atoms. The summed E-state index contributed by atoms with van der Waals surface area (Å²) >= 11 is 1.60. The number of nitrogens with one attached hydrogen (secondary N) is 1. The van der Waals surface area contributed by atoms with Gasteiger partial charge in [-0.2, -0.15) is 0 Å². The lowest BCUT2D eigenvalue weighted by Gasteiger charge is -2.22. The van der Waals surface area contributed by atoms with Gasteiger partial charge in [-0.05, 0) is 42.5 Å². The molecule has 2 aromatic heterocycles. The summed E-state index contributed by atoms with van der Waals surface area (Å²) in [7, 11) is 0. The minimum atomic E-state index is -0.760. The fourth-order valence-corrected chi connectivity index (χ4v) is 4.66. The number of rotatable bonds is 8. The topological polar surface area (TPSA) is 87.6 Å². The first-order valence-electron chi connectivity index (χ1n) is 10.8. The Bertz CT molecular complexity index is 1040. The Labute approximate surface area is 192 Å². The first-order chi connectivity index (χ1) is 15.5. The summed E-state index contributed by atoms with van der Waals surface area (Å²) in [5.41, 5.74) is 3.57. The minimum Gasteiger partial charge on any atom is -0.481 e. The van der Waals surface area contributed by atoms with Gasteiger partial charge in [0.15, 0.2) is 5.13 Å². The molecule has 7 nitrogen and oxygen atoms in total. The lowest BCUT2D eigenvalue weighted by molar-refractivity contribution is -0.137. The van der Waals surface area contributed by atoms with Crippen molar-refractivity contribution in [1.82, 2.24) is 14.9 Å². The van der Waals surface area contributed by atoms with Gasteiger partial charge in [0.25, 0.3) is 0 Å². The molecule has 0 bridgehead atoms. The van der Waals surface area contributed by atoms with Crippen LogP contribution in [-0.2, 0) is 16.0 Å². The molecule has 3 aromatic rings. The van der Waals surface area contributed by atoms with Crippen LogP contribution in [0.3, 0.4) is 0 Å².